The van der Waals surface area contributed by atoms with Crippen LogP contribution in [0.1, 0.15) is 38.6 Å². The normalized spacial score (nSPS) is 12.0. The van der Waals surface area contributed by atoms with Crippen molar-refractivity contribution in [1.29, 1.82) is 0 Å². The van der Waals surface area contributed by atoms with Gasteiger partial charge in [-0.1, -0.05) is 11.6 Å². The van der Waals surface area contributed by atoms with Gasteiger partial charge in [0.15, 0.2) is 5.82 Å². The van der Waals surface area contributed by atoms with E-state index in [2.05, 4.69) is 35.6 Å². The van der Waals surface area contributed by atoms with Crippen molar-refractivity contribution >= 4 is 34.7 Å². The van der Waals surface area contributed by atoms with Crippen LogP contribution in [0.3, 0.4) is 0 Å². The van der Waals surface area contributed by atoms with Gasteiger partial charge in [-0.15, -0.1) is 11.3 Å². The summed E-state index contributed by atoms with van der Waals surface area (Å²) in [6.45, 7) is 6.06. The Kier molecular flexibility index (Phi) is 4.82. The molecule has 0 radical (unpaired) electrons. The number of nitrogen functional groups attached to an aromatic ring is 1. The number of nitrogens with zero attached hydrogens (tertiary/aromatic N) is 1. The molecule has 0 spiro atoms. The van der Waals surface area contributed by atoms with Crippen molar-refractivity contribution in [3.05, 3.63) is 44.2 Å². The number of nitrogens with two attached hydrogens (primary N) is 1. The van der Waals surface area contributed by atoms with Gasteiger partial charge in [-0.3, -0.25) is 4.79 Å². The van der Waals surface area contributed by atoms with Crippen molar-refractivity contribution in [3.8, 4) is 0 Å². The number of hydrogen-bond donors (Lipinski definition) is 3. The number of hydrazine groups is 1. The summed E-state index contributed by atoms with van der Waals surface area (Å²) in [5.74, 6) is 5.38. The number of anilines is 1. The van der Waals surface area contributed by atoms with E-state index >= 15 is 0 Å². The lowest BCUT2D eigenvalue weighted by Crippen LogP contribution is -2.27. The molecule has 0 bridgehead atoms. The first-order valence-corrected chi connectivity index (χ1v) is 7.61. The minimum absolute atomic E-state index is 0.0754. The molecule has 4 N–H and O–H groups in total. The summed E-state index contributed by atoms with van der Waals surface area (Å²) in [5, 5.41) is 3.25. The quantitative estimate of drug-likeness (QED) is 0.596. The van der Waals surface area contributed by atoms with Crippen LogP contribution < -0.4 is 16.6 Å². The van der Waals surface area contributed by atoms with Gasteiger partial charge in [0.25, 0.3) is 5.91 Å². The number of hydrogen-bond acceptors (Lipinski definition) is 5. The molecule has 2 aromatic heterocycles. The van der Waals surface area contributed by atoms with Gasteiger partial charge < -0.3 is 10.7 Å². The summed E-state index contributed by atoms with van der Waals surface area (Å²) in [6.07, 6.45) is 1.44. The molecule has 0 aliphatic carbocycles. The molecule has 21 heavy (non-hydrogen) atoms. The van der Waals surface area contributed by atoms with Crippen LogP contribution >= 0.6 is 22.9 Å². The molecule has 1 unspecified atom stereocenters. The lowest BCUT2D eigenvalue weighted by atomic mass is 10.1. The van der Waals surface area contributed by atoms with Crippen LogP contribution in [-0.4, -0.2) is 10.9 Å². The third-order valence-corrected chi connectivity index (χ3v) is 4.40. The predicted molar refractivity (Wildman–Crippen MR) is 86.7 cm³/mol. The van der Waals surface area contributed by atoms with E-state index < -0.39 is 0 Å². The monoisotopic (exact) mass is 324 g/mol. The smallest absolute Gasteiger partial charge is 0.253 e. The number of thiophene rings is 1. The lowest BCUT2D eigenvalue weighted by molar-refractivity contribution is 0.0939. The molecule has 7 heteroatoms. The molecule has 112 valence electrons. The maximum absolute atomic E-state index is 12.2. The van der Waals surface area contributed by atoms with Crippen LogP contribution in [0.5, 0.6) is 0 Å². The molecule has 0 saturated heterocycles. The fourth-order valence-electron chi connectivity index (χ4n) is 2.11. The van der Waals surface area contributed by atoms with Gasteiger partial charge in [0.05, 0.1) is 16.6 Å². The highest BCUT2D eigenvalue weighted by Gasteiger charge is 2.16. The highest BCUT2D eigenvalue weighted by molar-refractivity contribution is 7.12. The number of rotatable bonds is 4. The number of amides is 1. The van der Waals surface area contributed by atoms with E-state index in [4.69, 9.17) is 17.4 Å². The van der Waals surface area contributed by atoms with Gasteiger partial charge in [-0.2, -0.15) is 0 Å². The van der Waals surface area contributed by atoms with Crippen LogP contribution in [0, 0.1) is 13.8 Å². The summed E-state index contributed by atoms with van der Waals surface area (Å²) in [6, 6.07) is 3.56. The molecule has 1 atom stereocenters. The zero-order valence-electron chi connectivity index (χ0n) is 12.0. The van der Waals surface area contributed by atoms with Gasteiger partial charge >= 0.3 is 0 Å². The Morgan fingerprint density at radius 1 is 1.43 bits per heavy atom. The van der Waals surface area contributed by atoms with Crippen molar-refractivity contribution in [2.75, 3.05) is 5.43 Å². The number of aromatic nitrogens is 1. The number of aryl methyl sites for hydroxylation is 2. The van der Waals surface area contributed by atoms with Gasteiger partial charge in [0.1, 0.15) is 0 Å². The fraction of sp³-hybridized carbons (Fsp3) is 0.286. The second-order valence-corrected chi connectivity index (χ2v) is 6.63. The van der Waals surface area contributed by atoms with E-state index in [1.807, 2.05) is 6.92 Å². The van der Waals surface area contributed by atoms with Crippen molar-refractivity contribution < 1.29 is 4.79 Å². The minimum atomic E-state index is -0.219. The van der Waals surface area contributed by atoms with Gasteiger partial charge in [0.2, 0.25) is 0 Å². The summed E-state index contributed by atoms with van der Waals surface area (Å²) in [4.78, 5) is 18.7. The third kappa shape index (κ3) is 3.53. The summed E-state index contributed by atoms with van der Waals surface area (Å²) < 4.78 is 0. The third-order valence-electron chi connectivity index (χ3n) is 3.13. The molecule has 2 heterocycles. The SMILES string of the molecule is Cc1cc(C(C)NC(=O)c2cnc(NN)c(Cl)c2)c(C)s1. The second-order valence-electron chi connectivity index (χ2n) is 4.76. The first-order valence-electron chi connectivity index (χ1n) is 6.42. The van der Waals surface area contributed by atoms with Crippen molar-refractivity contribution in [2.24, 2.45) is 5.84 Å². The minimum Gasteiger partial charge on any atom is -0.345 e. The van der Waals surface area contributed by atoms with Gasteiger partial charge in [0, 0.05) is 16.0 Å². The number of pyridine rings is 1. The molecule has 0 aromatic carbocycles. The van der Waals surface area contributed by atoms with E-state index in [0.29, 0.717) is 16.4 Å². The molecule has 0 fully saturated rings. The molecule has 2 rings (SSSR count). The average Bonchev–Trinajstić information content (AvgIpc) is 2.77. The van der Waals surface area contributed by atoms with E-state index in [1.165, 1.54) is 22.0 Å². The highest BCUT2D eigenvalue weighted by Crippen LogP contribution is 2.26. The lowest BCUT2D eigenvalue weighted by Gasteiger charge is -2.14. The summed E-state index contributed by atoms with van der Waals surface area (Å²) in [5.41, 5.74) is 3.89. The Morgan fingerprint density at radius 3 is 2.67 bits per heavy atom. The maximum atomic E-state index is 12.2. The maximum Gasteiger partial charge on any atom is 0.253 e. The number of halogens is 1. The van der Waals surface area contributed by atoms with E-state index in [0.717, 1.165) is 5.56 Å². The van der Waals surface area contributed by atoms with Crippen LogP contribution in [0.25, 0.3) is 0 Å². The zero-order chi connectivity index (χ0) is 15.6. The molecule has 5 nitrogen and oxygen atoms in total. The standard InChI is InChI=1S/C14H17ClN4OS/c1-7-4-11(9(3)21-7)8(2)18-14(20)10-5-12(15)13(19-16)17-6-10/h4-6,8H,16H2,1-3H3,(H,17,19)(H,18,20). The summed E-state index contributed by atoms with van der Waals surface area (Å²) >= 11 is 7.69. The molecule has 0 aliphatic rings. The van der Waals surface area contributed by atoms with Crippen molar-refractivity contribution in [3.63, 3.8) is 0 Å². The largest absolute Gasteiger partial charge is 0.345 e. The van der Waals surface area contributed by atoms with Crippen LogP contribution in [0.15, 0.2) is 18.3 Å². The van der Waals surface area contributed by atoms with Gasteiger partial charge in [-0.05, 0) is 38.5 Å². The van der Waals surface area contributed by atoms with Crippen molar-refractivity contribution in [1.82, 2.24) is 10.3 Å². The fourth-order valence-corrected chi connectivity index (χ4v) is 3.35. The van der Waals surface area contributed by atoms with E-state index in [-0.39, 0.29) is 11.9 Å². The number of carbonyl (C=O) groups is 1. The van der Waals surface area contributed by atoms with E-state index in [9.17, 15) is 4.79 Å². The molecule has 1 amide bonds. The number of nitrogens with one attached hydrogen (secondary N) is 2. The van der Waals surface area contributed by atoms with E-state index in [1.54, 1.807) is 11.3 Å². The first kappa shape index (κ1) is 15.8. The van der Waals surface area contributed by atoms with Crippen LogP contribution in [-0.2, 0) is 0 Å². The average molecular weight is 325 g/mol. The Morgan fingerprint density at radius 2 is 2.14 bits per heavy atom. The zero-order valence-corrected chi connectivity index (χ0v) is 13.6. The Labute approximate surface area is 132 Å². The highest BCUT2D eigenvalue weighted by atomic mass is 35.5. The van der Waals surface area contributed by atoms with Crippen LogP contribution in [0.4, 0.5) is 5.82 Å². The Balaban J connectivity index is 2.14. The molecular weight excluding hydrogens is 308 g/mol. The molecular formula is C14H17ClN4OS. The topological polar surface area (TPSA) is 80.0 Å². The first-order chi connectivity index (χ1) is 9.92. The van der Waals surface area contributed by atoms with Crippen molar-refractivity contribution in [2.45, 2.75) is 26.8 Å². The Hall–Kier alpha value is -1.63. The predicted octanol–water partition coefficient (Wildman–Crippen LogP) is 3.19. The van der Waals surface area contributed by atoms with Gasteiger partial charge in [-0.25, -0.2) is 10.8 Å². The summed E-state index contributed by atoms with van der Waals surface area (Å²) in [7, 11) is 0. The number of carbonyl (C=O) groups excluding carboxylic acids is 1. The molecule has 0 saturated carbocycles. The molecule has 0 aliphatic heterocycles. The molecule has 2 aromatic rings. The Bertz CT molecular complexity index is 671. The van der Waals surface area contributed by atoms with Crippen LogP contribution in [0.2, 0.25) is 5.02 Å². The second kappa shape index (κ2) is 6.43.